The standard InChI is InChI=1S/C25H32N4O2/c1-5-25(17-7-6-8-18(13-17)29-9-11-31-12-10-29)21-16(2)27-28-23(21)26-19-14-24(3,4)15-20(30)22(19)25/h6-8,13,23,26H,5,9-12,14-15H2,1-4H3/t23?,25-/m0/s1. The molecule has 1 saturated heterocycles. The number of Topliss-reactive ketones (excluding diaryl/α,β-unsaturated/α-hetero) is 1. The molecule has 6 nitrogen and oxygen atoms in total. The molecule has 0 aromatic heterocycles. The number of fused-ring (bicyclic) bond motifs is 1. The van der Waals surface area contributed by atoms with Crippen LogP contribution < -0.4 is 10.2 Å². The molecule has 6 heteroatoms. The van der Waals surface area contributed by atoms with Crippen LogP contribution in [0.5, 0.6) is 0 Å². The summed E-state index contributed by atoms with van der Waals surface area (Å²) in [6.45, 7) is 11.9. The minimum atomic E-state index is -0.491. The average molecular weight is 421 g/mol. The Bertz CT molecular complexity index is 1020. The molecule has 0 saturated carbocycles. The minimum Gasteiger partial charge on any atom is -0.378 e. The number of nitrogens with zero attached hydrogens (tertiary/aromatic N) is 3. The summed E-state index contributed by atoms with van der Waals surface area (Å²) in [6.07, 6.45) is 2.05. The molecule has 2 atom stereocenters. The van der Waals surface area contributed by atoms with Gasteiger partial charge in [-0.25, -0.2) is 0 Å². The highest BCUT2D eigenvalue weighted by atomic mass is 16.5. The average Bonchev–Trinajstić information content (AvgIpc) is 3.13. The van der Waals surface area contributed by atoms with Gasteiger partial charge in [0.25, 0.3) is 0 Å². The number of rotatable bonds is 3. The van der Waals surface area contributed by atoms with Gasteiger partial charge in [-0.3, -0.25) is 4.79 Å². The van der Waals surface area contributed by atoms with E-state index < -0.39 is 5.41 Å². The fourth-order valence-corrected chi connectivity index (χ4v) is 6.00. The zero-order valence-electron chi connectivity index (χ0n) is 19.0. The number of benzene rings is 1. The molecule has 0 amide bonds. The Morgan fingerprint density at radius 3 is 2.74 bits per heavy atom. The molecule has 31 heavy (non-hydrogen) atoms. The smallest absolute Gasteiger partial charge is 0.165 e. The second-order valence-electron chi connectivity index (χ2n) is 9.96. The SMILES string of the molecule is CC[C@@]1(c2cccc(N3CCOCC3)c2)C2=C(CC(C)(C)CC2=O)NC2N=NC(C)=C21. The summed E-state index contributed by atoms with van der Waals surface area (Å²) in [6, 6.07) is 8.77. The Balaban J connectivity index is 1.71. The third-order valence-electron chi connectivity index (χ3n) is 7.30. The lowest BCUT2D eigenvalue weighted by Gasteiger charge is -2.48. The highest BCUT2D eigenvalue weighted by Gasteiger charge is 2.53. The number of carbonyl (C=O) groups excluding carboxylic acids is 1. The van der Waals surface area contributed by atoms with E-state index in [0.717, 1.165) is 61.7 Å². The van der Waals surface area contributed by atoms with Crippen LogP contribution in [0.4, 0.5) is 5.69 Å². The number of carbonyl (C=O) groups is 1. The fraction of sp³-hybridized carbons (Fsp3) is 0.560. The van der Waals surface area contributed by atoms with Gasteiger partial charge in [0.1, 0.15) is 0 Å². The molecule has 1 unspecified atom stereocenters. The number of azo groups is 1. The van der Waals surface area contributed by atoms with Crippen LogP contribution in [0.25, 0.3) is 0 Å². The lowest BCUT2D eigenvalue weighted by atomic mass is 9.58. The maximum Gasteiger partial charge on any atom is 0.165 e. The summed E-state index contributed by atoms with van der Waals surface area (Å²) in [5.41, 5.74) is 5.89. The predicted octanol–water partition coefficient (Wildman–Crippen LogP) is 4.48. The van der Waals surface area contributed by atoms with E-state index in [-0.39, 0.29) is 17.4 Å². The Kier molecular flexibility index (Phi) is 4.81. The number of anilines is 1. The van der Waals surface area contributed by atoms with Gasteiger partial charge in [-0.2, -0.15) is 10.2 Å². The van der Waals surface area contributed by atoms with Gasteiger partial charge in [0.05, 0.1) is 24.3 Å². The summed E-state index contributed by atoms with van der Waals surface area (Å²) >= 11 is 0. The van der Waals surface area contributed by atoms with E-state index in [4.69, 9.17) is 4.74 Å². The van der Waals surface area contributed by atoms with Crippen molar-refractivity contribution in [2.75, 3.05) is 31.2 Å². The van der Waals surface area contributed by atoms with Crippen molar-refractivity contribution in [3.05, 3.63) is 52.4 Å². The van der Waals surface area contributed by atoms with Crippen LogP contribution in [0.3, 0.4) is 0 Å². The number of nitrogens with one attached hydrogen (secondary N) is 1. The molecule has 1 N–H and O–H groups in total. The first-order chi connectivity index (χ1) is 14.9. The molecule has 1 fully saturated rings. The number of hydrogen-bond acceptors (Lipinski definition) is 6. The van der Waals surface area contributed by atoms with Crippen LogP contribution in [0.15, 0.2) is 57.0 Å². The Morgan fingerprint density at radius 1 is 1.23 bits per heavy atom. The lowest BCUT2D eigenvalue weighted by molar-refractivity contribution is -0.119. The molecule has 3 aliphatic heterocycles. The van der Waals surface area contributed by atoms with Crippen LogP contribution in [-0.2, 0) is 14.9 Å². The molecule has 0 bridgehead atoms. The Hall–Kier alpha value is -2.47. The molecule has 4 aliphatic rings. The van der Waals surface area contributed by atoms with Crippen molar-refractivity contribution in [2.45, 2.75) is 58.5 Å². The second-order valence-corrected chi connectivity index (χ2v) is 9.96. The zero-order chi connectivity index (χ0) is 21.8. The molecule has 1 aliphatic carbocycles. The van der Waals surface area contributed by atoms with Gasteiger partial charge >= 0.3 is 0 Å². The van der Waals surface area contributed by atoms with E-state index in [9.17, 15) is 4.79 Å². The van der Waals surface area contributed by atoms with E-state index in [2.05, 4.69) is 65.5 Å². The van der Waals surface area contributed by atoms with Crippen molar-refractivity contribution < 1.29 is 9.53 Å². The molecule has 1 aromatic carbocycles. The fourth-order valence-electron chi connectivity index (χ4n) is 6.00. The van der Waals surface area contributed by atoms with E-state index >= 15 is 0 Å². The van der Waals surface area contributed by atoms with E-state index in [1.807, 2.05) is 6.92 Å². The third-order valence-corrected chi connectivity index (χ3v) is 7.30. The molecule has 0 spiro atoms. The zero-order valence-corrected chi connectivity index (χ0v) is 19.0. The van der Waals surface area contributed by atoms with Crippen LogP contribution in [0.1, 0.15) is 52.5 Å². The van der Waals surface area contributed by atoms with Crippen LogP contribution in [0, 0.1) is 5.41 Å². The van der Waals surface area contributed by atoms with Gasteiger partial charge in [-0.15, -0.1) is 0 Å². The summed E-state index contributed by atoms with van der Waals surface area (Å²) < 4.78 is 5.55. The Morgan fingerprint density at radius 2 is 2.00 bits per heavy atom. The van der Waals surface area contributed by atoms with E-state index in [1.54, 1.807) is 0 Å². The van der Waals surface area contributed by atoms with Gasteiger partial charge in [0.15, 0.2) is 11.9 Å². The summed E-state index contributed by atoms with van der Waals surface area (Å²) in [5.74, 6) is 0.253. The number of ether oxygens (including phenoxy) is 1. The van der Waals surface area contributed by atoms with Crippen molar-refractivity contribution in [2.24, 2.45) is 15.6 Å². The van der Waals surface area contributed by atoms with Crippen LogP contribution >= 0.6 is 0 Å². The van der Waals surface area contributed by atoms with Gasteiger partial charge in [0, 0.05) is 42.0 Å². The van der Waals surface area contributed by atoms with Crippen LogP contribution in [0.2, 0.25) is 0 Å². The summed E-state index contributed by atoms with van der Waals surface area (Å²) in [4.78, 5) is 16.0. The normalized spacial score (nSPS) is 29.7. The van der Waals surface area contributed by atoms with Crippen molar-refractivity contribution in [3.8, 4) is 0 Å². The maximum absolute atomic E-state index is 13.7. The highest BCUT2D eigenvalue weighted by Crippen LogP contribution is 2.55. The molecular weight excluding hydrogens is 388 g/mol. The molecular formula is C25H32N4O2. The van der Waals surface area contributed by atoms with E-state index in [1.165, 1.54) is 11.3 Å². The first-order valence-electron chi connectivity index (χ1n) is 11.4. The minimum absolute atomic E-state index is 0.0515. The number of ketones is 1. The lowest BCUT2D eigenvalue weighted by Crippen LogP contribution is -2.51. The number of hydrogen-bond donors (Lipinski definition) is 1. The van der Waals surface area contributed by atoms with Crippen molar-refractivity contribution in [1.82, 2.24) is 5.32 Å². The molecule has 0 radical (unpaired) electrons. The van der Waals surface area contributed by atoms with Gasteiger partial charge in [-0.1, -0.05) is 32.9 Å². The molecule has 5 rings (SSSR count). The topological polar surface area (TPSA) is 66.3 Å². The summed E-state index contributed by atoms with van der Waals surface area (Å²) in [7, 11) is 0. The monoisotopic (exact) mass is 420 g/mol. The van der Waals surface area contributed by atoms with Crippen molar-refractivity contribution in [1.29, 1.82) is 0 Å². The maximum atomic E-state index is 13.7. The number of allylic oxidation sites excluding steroid dienone is 3. The quantitative estimate of drug-likeness (QED) is 0.783. The molecule has 164 valence electrons. The van der Waals surface area contributed by atoms with Crippen molar-refractivity contribution in [3.63, 3.8) is 0 Å². The molecule has 3 heterocycles. The first-order valence-corrected chi connectivity index (χ1v) is 11.4. The number of morpholine rings is 1. The third kappa shape index (κ3) is 3.15. The predicted molar refractivity (Wildman–Crippen MR) is 121 cm³/mol. The van der Waals surface area contributed by atoms with Gasteiger partial charge in [0.2, 0.25) is 0 Å². The second kappa shape index (κ2) is 7.30. The van der Waals surface area contributed by atoms with Gasteiger partial charge in [-0.05, 0) is 42.9 Å². The summed E-state index contributed by atoms with van der Waals surface area (Å²) in [5, 5.41) is 12.6. The van der Waals surface area contributed by atoms with Crippen molar-refractivity contribution >= 4 is 11.5 Å². The Labute approximate surface area is 184 Å². The first kappa shape index (κ1) is 20.4. The van der Waals surface area contributed by atoms with Gasteiger partial charge < -0.3 is 15.0 Å². The van der Waals surface area contributed by atoms with E-state index in [0.29, 0.717) is 6.42 Å². The highest BCUT2D eigenvalue weighted by molar-refractivity contribution is 6.01. The van der Waals surface area contributed by atoms with Crippen LogP contribution in [-0.4, -0.2) is 38.3 Å². The largest absolute Gasteiger partial charge is 0.378 e. The molecule has 1 aromatic rings.